The molecule has 4 heteroatoms. The summed E-state index contributed by atoms with van der Waals surface area (Å²) in [6, 6.07) is 5.41. The highest BCUT2D eigenvalue weighted by Gasteiger charge is 2.23. The van der Waals surface area contributed by atoms with Crippen molar-refractivity contribution in [1.29, 1.82) is 0 Å². The van der Waals surface area contributed by atoms with Crippen molar-refractivity contribution in [3.63, 3.8) is 0 Å². The first-order valence-electron chi connectivity index (χ1n) is 7.73. The lowest BCUT2D eigenvalue weighted by Crippen LogP contribution is -2.09. The normalized spacial score (nSPS) is 17.5. The Morgan fingerprint density at radius 3 is 2.86 bits per heavy atom. The van der Waals surface area contributed by atoms with Crippen LogP contribution in [-0.2, 0) is 6.42 Å². The molecule has 0 spiro atoms. The number of aryl methyl sites for hydroxylation is 1. The smallest absolute Gasteiger partial charge is 0.335 e. The van der Waals surface area contributed by atoms with Crippen LogP contribution in [0.3, 0.4) is 0 Å². The maximum atomic E-state index is 11.1. The molecule has 1 aromatic heterocycles. The molecule has 0 saturated heterocycles. The number of hydrogen-bond donors (Lipinski definition) is 1. The van der Waals surface area contributed by atoms with Gasteiger partial charge in [-0.1, -0.05) is 12.5 Å². The lowest BCUT2D eigenvalue weighted by atomic mass is 9.83. The monoisotopic (exact) mass is 311 g/mol. The van der Waals surface area contributed by atoms with Crippen molar-refractivity contribution < 1.29 is 9.90 Å². The van der Waals surface area contributed by atoms with Crippen molar-refractivity contribution >= 4 is 29.0 Å². The summed E-state index contributed by atoms with van der Waals surface area (Å²) in [7, 11) is 0. The molecule has 1 fully saturated rings. The number of aromatic carboxylic acids is 1. The first-order valence-corrected chi connectivity index (χ1v) is 8.61. The minimum Gasteiger partial charge on any atom is -0.478 e. The predicted molar refractivity (Wildman–Crippen MR) is 88.3 cm³/mol. The third kappa shape index (κ3) is 2.37. The van der Waals surface area contributed by atoms with Gasteiger partial charge in [0.1, 0.15) is 5.01 Å². The summed E-state index contributed by atoms with van der Waals surface area (Å²) in [5, 5.41) is 12.4. The summed E-state index contributed by atoms with van der Waals surface area (Å²) in [5.74, 6) is -0.204. The van der Waals surface area contributed by atoms with Crippen molar-refractivity contribution in [3.8, 4) is 0 Å². The molecule has 1 saturated carbocycles. The molecular formula is C18H17NO2S. The number of aromatic nitrogens is 1. The van der Waals surface area contributed by atoms with Gasteiger partial charge in [-0.25, -0.2) is 9.78 Å². The van der Waals surface area contributed by atoms with Gasteiger partial charge in [0.15, 0.2) is 0 Å². The Bertz CT molecular complexity index is 771. The average Bonchev–Trinajstić information content (AvgIpc) is 2.93. The Morgan fingerprint density at radius 1 is 1.27 bits per heavy atom. The fraction of sp³-hybridized carbons (Fsp3) is 0.333. The lowest BCUT2D eigenvalue weighted by molar-refractivity contribution is 0.0697. The van der Waals surface area contributed by atoms with Gasteiger partial charge in [0.25, 0.3) is 0 Å². The summed E-state index contributed by atoms with van der Waals surface area (Å²) in [6.07, 6.45) is 7.93. The largest absolute Gasteiger partial charge is 0.478 e. The number of carboxylic acids is 1. The molecule has 2 aliphatic carbocycles. The number of carbonyl (C=O) groups is 1. The van der Waals surface area contributed by atoms with E-state index in [-0.39, 0.29) is 0 Å². The van der Waals surface area contributed by atoms with E-state index in [4.69, 9.17) is 10.1 Å². The van der Waals surface area contributed by atoms with Crippen molar-refractivity contribution in [2.45, 2.75) is 38.0 Å². The summed E-state index contributed by atoms with van der Waals surface area (Å²) in [4.78, 5) is 15.9. The fourth-order valence-electron chi connectivity index (χ4n) is 3.11. The van der Waals surface area contributed by atoms with E-state index in [1.165, 1.54) is 36.1 Å². The van der Waals surface area contributed by atoms with E-state index < -0.39 is 5.97 Å². The van der Waals surface area contributed by atoms with E-state index in [1.54, 1.807) is 23.5 Å². The molecule has 112 valence electrons. The molecule has 0 atom stereocenters. The highest BCUT2D eigenvalue weighted by atomic mass is 32.1. The average molecular weight is 311 g/mol. The molecule has 4 rings (SSSR count). The Hall–Kier alpha value is -1.94. The zero-order chi connectivity index (χ0) is 15.1. The maximum Gasteiger partial charge on any atom is 0.335 e. The number of rotatable bonds is 3. The zero-order valence-corrected chi connectivity index (χ0v) is 13.0. The predicted octanol–water partition coefficient (Wildman–Crippen LogP) is 4.60. The first kappa shape index (κ1) is 13.7. The standard InChI is InChI=1S/C18H17NO2S/c20-18(21)14-7-5-11-4-6-13(8-15(11)9-14)17-19-16(10-22-17)12-2-1-3-12/h5,7-10,12H,1-4,6H2,(H,20,21). The Balaban J connectivity index is 1.66. The minimum absolute atomic E-state index is 0.352. The number of nitrogens with zero attached hydrogens (tertiary/aromatic N) is 1. The Kier molecular flexibility index (Phi) is 3.34. The van der Waals surface area contributed by atoms with Crippen LogP contribution in [0.5, 0.6) is 0 Å². The van der Waals surface area contributed by atoms with Crippen molar-refractivity contribution in [2.75, 3.05) is 0 Å². The van der Waals surface area contributed by atoms with Gasteiger partial charge in [0.2, 0.25) is 0 Å². The summed E-state index contributed by atoms with van der Waals surface area (Å²) in [5.41, 5.74) is 5.10. The van der Waals surface area contributed by atoms with Crippen LogP contribution in [0.1, 0.15) is 63.8 Å². The van der Waals surface area contributed by atoms with Gasteiger partial charge >= 0.3 is 5.97 Å². The van der Waals surface area contributed by atoms with Crippen LogP contribution in [0.2, 0.25) is 0 Å². The van der Waals surface area contributed by atoms with Gasteiger partial charge in [-0.3, -0.25) is 0 Å². The maximum absolute atomic E-state index is 11.1. The summed E-state index contributed by atoms with van der Waals surface area (Å²) < 4.78 is 0. The van der Waals surface area contributed by atoms with E-state index in [9.17, 15) is 4.79 Å². The molecule has 0 radical (unpaired) electrons. The molecule has 2 aliphatic rings. The van der Waals surface area contributed by atoms with Gasteiger partial charge in [0, 0.05) is 11.3 Å². The number of hydrogen-bond acceptors (Lipinski definition) is 3. The molecule has 0 bridgehead atoms. The van der Waals surface area contributed by atoms with Gasteiger partial charge < -0.3 is 5.11 Å². The molecule has 0 amide bonds. The number of allylic oxidation sites excluding steroid dienone is 1. The molecule has 1 heterocycles. The van der Waals surface area contributed by atoms with Crippen LogP contribution >= 0.6 is 11.3 Å². The van der Waals surface area contributed by atoms with Gasteiger partial charge in [-0.05, 0) is 60.6 Å². The molecule has 22 heavy (non-hydrogen) atoms. The minimum atomic E-state index is -0.871. The third-order valence-electron chi connectivity index (χ3n) is 4.71. The second-order valence-corrected chi connectivity index (χ2v) is 6.95. The van der Waals surface area contributed by atoms with Crippen LogP contribution < -0.4 is 0 Å². The van der Waals surface area contributed by atoms with Crippen LogP contribution in [0, 0.1) is 0 Å². The van der Waals surface area contributed by atoms with E-state index in [0.29, 0.717) is 11.5 Å². The van der Waals surface area contributed by atoms with E-state index in [2.05, 4.69) is 11.5 Å². The third-order valence-corrected chi connectivity index (χ3v) is 5.64. The van der Waals surface area contributed by atoms with Gasteiger partial charge in [0.05, 0.1) is 11.3 Å². The lowest BCUT2D eigenvalue weighted by Gasteiger charge is -2.23. The molecule has 1 N–H and O–H groups in total. The van der Waals surface area contributed by atoms with E-state index >= 15 is 0 Å². The molecule has 2 aromatic rings. The summed E-state index contributed by atoms with van der Waals surface area (Å²) >= 11 is 1.72. The van der Waals surface area contributed by atoms with Crippen molar-refractivity contribution in [1.82, 2.24) is 4.98 Å². The van der Waals surface area contributed by atoms with Crippen molar-refractivity contribution in [3.05, 3.63) is 51.0 Å². The first-order chi connectivity index (χ1) is 10.7. The Morgan fingerprint density at radius 2 is 2.14 bits per heavy atom. The molecule has 0 unspecified atom stereocenters. The van der Waals surface area contributed by atoms with Crippen LogP contribution in [0.15, 0.2) is 23.6 Å². The zero-order valence-electron chi connectivity index (χ0n) is 12.2. The number of benzene rings is 1. The quantitative estimate of drug-likeness (QED) is 0.901. The fourth-order valence-corrected chi connectivity index (χ4v) is 4.06. The topological polar surface area (TPSA) is 50.2 Å². The Labute approximate surface area is 133 Å². The van der Waals surface area contributed by atoms with E-state index in [1.807, 2.05) is 6.07 Å². The molecule has 3 nitrogen and oxygen atoms in total. The van der Waals surface area contributed by atoms with E-state index in [0.717, 1.165) is 23.4 Å². The number of thiazole rings is 1. The molecule has 1 aromatic carbocycles. The number of carboxylic acid groups (broad SMARTS) is 1. The SMILES string of the molecule is O=C(O)c1ccc2c(c1)C=C(c1nc(C3CCC3)cs1)CC2. The highest BCUT2D eigenvalue weighted by Crippen LogP contribution is 2.39. The van der Waals surface area contributed by atoms with Crippen LogP contribution in [0.4, 0.5) is 0 Å². The highest BCUT2D eigenvalue weighted by molar-refractivity contribution is 7.10. The number of fused-ring (bicyclic) bond motifs is 1. The second-order valence-electron chi connectivity index (χ2n) is 6.09. The van der Waals surface area contributed by atoms with Crippen molar-refractivity contribution in [2.24, 2.45) is 0 Å². The second kappa shape index (κ2) is 5.36. The van der Waals surface area contributed by atoms with Crippen LogP contribution in [-0.4, -0.2) is 16.1 Å². The summed E-state index contributed by atoms with van der Waals surface area (Å²) in [6.45, 7) is 0. The molecule has 0 aliphatic heterocycles. The van der Waals surface area contributed by atoms with Crippen LogP contribution in [0.25, 0.3) is 11.6 Å². The van der Waals surface area contributed by atoms with Gasteiger partial charge in [-0.2, -0.15) is 0 Å². The molecular weight excluding hydrogens is 294 g/mol. The van der Waals surface area contributed by atoms with Gasteiger partial charge in [-0.15, -0.1) is 11.3 Å².